The zero-order valence-electron chi connectivity index (χ0n) is 17.4. The Bertz CT molecular complexity index is 1040. The lowest BCUT2D eigenvalue weighted by molar-refractivity contribution is -0.121. The van der Waals surface area contributed by atoms with Crippen molar-refractivity contribution >= 4 is 23.2 Å². The number of benzene rings is 2. The van der Waals surface area contributed by atoms with E-state index in [0.717, 1.165) is 31.5 Å². The molecule has 1 fully saturated rings. The molecule has 1 saturated heterocycles. The SMILES string of the molecule is CC(=O)Nc1cccc(NC(=O)C2CCN(Cc3nc(-c4ccccc4)no3)CC2)c1. The summed E-state index contributed by atoms with van der Waals surface area (Å²) in [4.78, 5) is 30.6. The third kappa shape index (κ3) is 5.55. The minimum Gasteiger partial charge on any atom is -0.338 e. The molecule has 0 atom stereocenters. The molecule has 4 rings (SSSR count). The van der Waals surface area contributed by atoms with Gasteiger partial charge in [0.15, 0.2) is 0 Å². The van der Waals surface area contributed by atoms with Crippen molar-refractivity contribution in [2.45, 2.75) is 26.3 Å². The molecule has 1 aliphatic rings. The van der Waals surface area contributed by atoms with Crippen molar-refractivity contribution in [2.24, 2.45) is 5.92 Å². The molecule has 2 N–H and O–H groups in total. The highest BCUT2D eigenvalue weighted by atomic mass is 16.5. The largest absolute Gasteiger partial charge is 0.338 e. The predicted octanol–water partition coefficient (Wildman–Crippen LogP) is 3.55. The smallest absolute Gasteiger partial charge is 0.241 e. The summed E-state index contributed by atoms with van der Waals surface area (Å²) in [6.45, 7) is 3.60. The molecule has 0 aliphatic carbocycles. The van der Waals surface area contributed by atoms with Crippen LogP contribution in [0.15, 0.2) is 59.1 Å². The molecule has 3 aromatic rings. The van der Waals surface area contributed by atoms with E-state index in [4.69, 9.17) is 4.52 Å². The number of nitrogens with zero attached hydrogens (tertiary/aromatic N) is 3. The van der Waals surface area contributed by atoms with Gasteiger partial charge in [-0.25, -0.2) is 0 Å². The summed E-state index contributed by atoms with van der Waals surface area (Å²) in [6.07, 6.45) is 1.52. The first-order chi connectivity index (χ1) is 15.1. The molecule has 1 aliphatic heterocycles. The molecule has 0 spiro atoms. The van der Waals surface area contributed by atoms with Gasteiger partial charge in [0.25, 0.3) is 0 Å². The number of amides is 2. The first-order valence-corrected chi connectivity index (χ1v) is 10.4. The number of carbonyl (C=O) groups is 2. The molecule has 160 valence electrons. The molecule has 2 amide bonds. The van der Waals surface area contributed by atoms with E-state index in [0.29, 0.717) is 29.6 Å². The van der Waals surface area contributed by atoms with Gasteiger partial charge in [0.05, 0.1) is 6.54 Å². The first kappa shape index (κ1) is 20.7. The van der Waals surface area contributed by atoms with E-state index in [2.05, 4.69) is 25.7 Å². The predicted molar refractivity (Wildman–Crippen MR) is 117 cm³/mol. The molecule has 8 nitrogen and oxygen atoms in total. The third-order valence-electron chi connectivity index (χ3n) is 5.27. The van der Waals surface area contributed by atoms with Gasteiger partial charge in [0.1, 0.15) is 0 Å². The van der Waals surface area contributed by atoms with E-state index in [-0.39, 0.29) is 17.7 Å². The van der Waals surface area contributed by atoms with Crippen LogP contribution < -0.4 is 10.6 Å². The molecule has 2 heterocycles. The van der Waals surface area contributed by atoms with E-state index in [1.54, 1.807) is 18.2 Å². The summed E-state index contributed by atoms with van der Waals surface area (Å²) in [7, 11) is 0. The number of hydrogen-bond donors (Lipinski definition) is 2. The Morgan fingerprint density at radius 1 is 1.03 bits per heavy atom. The number of hydrogen-bond acceptors (Lipinski definition) is 6. The van der Waals surface area contributed by atoms with Crippen LogP contribution in [0.1, 0.15) is 25.7 Å². The standard InChI is InChI=1S/C23H25N5O3/c1-16(29)24-19-8-5-9-20(14-19)25-23(30)18-10-12-28(13-11-18)15-21-26-22(27-31-21)17-6-3-2-4-7-17/h2-9,14,18H,10-13,15H2,1H3,(H,24,29)(H,25,30). The van der Waals surface area contributed by atoms with E-state index >= 15 is 0 Å². The van der Waals surface area contributed by atoms with Crippen LogP contribution in [0.5, 0.6) is 0 Å². The quantitative estimate of drug-likeness (QED) is 0.634. The van der Waals surface area contributed by atoms with Crippen LogP contribution in [-0.2, 0) is 16.1 Å². The Labute approximate surface area is 180 Å². The molecule has 2 aromatic carbocycles. The van der Waals surface area contributed by atoms with Crippen molar-refractivity contribution in [3.63, 3.8) is 0 Å². The Kier molecular flexibility index (Phi) is 6.37. The number of rotatable bonds is 6. The number of likely N-dealkylation sites (tertiary alicyclic amines) is 1. The monoisotopic (exact) mass is 419 g/mol. The number of aromatic nitrogens is 2. The van der Waals surface area contributed by atoms with Crippen LogP contribution in [0, 0.1) is 5.92 Å². The Morgan fingerprint density at radius 3 is 2.45 bits per heavy atom. The zero-order chi connectivity index (χ0) is 21.6. The van der Waals surface area contributed by atoms with Crippen molar-refractivity contribution in [3.05, 3.63) is 60.5 Å². The summed E-state index contributed by atoms with van der Waals surface area (Å²) in [5.41, 5.74) is 2.27. The van der Waals surface area contributed by atoms with Gasteiger partial charge in [-0.2, -0.15) is 4.98 Å². The van der Waals surface area contributed by atoms with E-state index in [1.807, 2.05) is 36.4 Å². The molecular weight excluding hydrogens is 394 g/mol. The lowest BCUT2D eigenvalue weighted by Crippen LogP contribution is -2.37. The molecule has 0 bridgehead atoms. The molecule has 0 saturated carbocycles. The Hall–Kier alpha value is -3.52. The molecule has 31 heavy (non-hydrogen) atoms. The summed E-state index contributed by atoms with van der Waals surface area (Å²) in [5.74, 6) is 0.975. The van der Waals surface area contributed by atoms with Crippen molar-refractivity contribution in [3.8, 4) is 11.4 Å². The fraction of sp³-hybridized carbons (Fsp3) is 0.304. The van der Waals surface area contributed by atoms with Crippen LogP contribution in [0.4, 0.5) is 11.4 Å². The molecular formula is C23H25N5O3. The molecule has 0 unspecified atom stereocenters. The van der Waals surface area contributed by atoms with Crippen molar-refractivity contribution < 1.29 is 14.1 Å². The Morgan fingerprint density at radius 2 is 1.74 bits per heavy atom. The molecule has 8 heteroatoms. The number of nitrogens with one attached hydrogen (secondary N) is 2. The van der Waals surface area contributed by atoms with Gasteiger partial charge in [-0.3, -0.25) is 14.5 Å². The van der Waals surface area contributed by atoms with Crippen LogP contribution in [0.25, 0.3) is 11.4 Å². The summed E-state index contributed by atoms with van der Waals surface area (Å²) < 4.78 is 5.40. The van der Waals surface area contributed by atoms with Gasteiger partial charge in [-0.05, 0) is 44.1 Å². The van der Waals surface area contributed by atoms with E-state index in [1.165, 1.54) is 6.92 Å². The van der Waals surface area contributed by atoms with Crippen LogP contribution in [-0.4, -0.2) is 39.9 Å². The normalized spacial score (nSPS) is 14.9. The van der Waals surface area contributed by atoms with Gasteiger partial charge in [-0.1, -0.05) is 41.6 Å². The maximum atomic E-state index is 12.7. The number of piperidine rings is 1. The van der Waals surface area contributed by atoms with Gasteiger partial charge in [0.2, 0.25) is 23.5 Å². The van der Waals surface area contributed by atoms with E-state index in [9.17, 15) is 9.59 Å². The average Bonchev–Trinajstić information content (AvgIpc) is 3.23. The second kappa shape index (κ2) is 9.53. The minimum atomic E-state index is -0.145. The van der Waals surface area contributed by atoms with Gasteiger partial charge in [-0.15, -0.1) is 0 Å². The number of anilines is 2. The fourth-order valence-electron chi connectivity index (χ4n) is 3.69. The summed E-state index contributed by atoms with van der Waals surface area (Å²) in [6, 6.07) is 16.9. The highest BCUT2D eigenvalue weighted by Gasteiger charge is 2.26. The maximum absolute atomic E-state index is 12.7. The maximum Gasteiger partial charge on any atom is 0.241 e. The zero-order valence-corrected chi connectivity index (χ0v) is 17.4. The molecule has 1 aromatic heterocycles. The van der Waals surface area contributed by atoms with Gasteiger partial charge >= 0.3 is 0 Å². The van der Waals surface area contributed by atoms with Gasteiger partial charge < -0.3 is 15.2 Å². The van der Waals surface area contributed by atoms with E-state index < -0.39 is 0 Å². The topological polar surface area (TPSA) is 100 Å². The van der Waals surface area contributed by atoms with Crippen molar-refractivity contribution in [2.75, 3.05) is 23.7 Å². The summed E-state index contributed by atoms with van der Waals surface area (Å²) >= 11 is 0. The molecule has 0 radical (unpaired) electrons. The number of carbonyl (C=O) groups excluding carboxylic acids is 2. The Balaban J connectivity index is 1.27. The highest BCUT2D eigenvalue weighted by molar-refractivity contribution is 5.94. The average molecular weight is 419 g/mol. The minimum absolute atomic E-state index is 0.00350. The van der Waals surface area contributed by atoms with Gasteiger partial charge in [0, 0.05) is 29.8 Å². The van der Waals surface area contributed by atoms with Crippen LogP contribution >= 0.6 is 0 Å². The second-order valence-corrected chi connectivity index (χ2v) is 7.68. The lowest BCUT2D eigenvalue weighted by atomic mass is 9.96. The van der Waals surface area contributed by atoms with Crippen molar-refractivity contribution in [1.29, 1.82) is 0 Å². The van der Waals surface area contributed by atoms with Crippen LogP contribution in [0.3, 0.4) is 0 Å². The highest BCUT2D eigenvalue weighted by Crippen LogP contribution is 2.23. The lowest BCUT2D eigenvalue weighted by Gasteiger charge is -2.30. The van der Waals surface area contributed by atoms with Crippen LogP contribution in [0.2, 0.25) is 0 Å². The second-order valence-electron chi connectivity index (χ2n) is 7.68. The summed E-state index contributed by atoms with van der Waals surface area (Å²) in [5, 5.41) is 9.75. The fourth-order valence-corrected chi connectivity index (χ4v) is 3.69. The first-order valence-electron chi connectivity index (χ1n) is 10.4. The third-order valence-corrected chi connectivity index (χ3v) is 5.27. The van der Waals surface area contributed by atoms with Crippen molar-refractivity contribution in [1.82, 2.24) is 15.0 Å².